The van der Waals surface area contributed by atoms with E-state index in [4.69, 9.17) is 9.47 Å². The van der Waals surface area contributed by atoms with E-state index in [0.717, 1.165) is 17.1 Å². The highest BCUT2D eigenvalue weighted by atomic mass is 16.5. The summed E-state index contributed by atoms with van der Waals surface area (Å²) in [6.45, 7) is 0.292. The molecule has 2 atom stereocenters. The van der Waals surface area contributed by atoms with Crippen LogP contribution in [0.5, 0.6) is 11.5 Å². The Hall–Kier alpha value is -1.75. The lowest BCUT2D eigenvalue weighted by Gasteiger charge is -2.44. The molecule has 0 aromatic heterocycles. The number of aliphatic hydroxyl groups excluding tert-OH is 1. The summed E-state index contributed by atoms with van der Waals surface area (Å²) in [5.74, 6) is 1.45. The van der Waals surface area contributed by atoms with Gasteiger partial charge in [-0.3, -0.25) is 4.79 Å². The predicted octanol–water partition coefficient (Wildman–Crippen LogP) is 0.640. The van der Waals surface area contributed by atoms with E-state index in [1.54, 1.807) is 7.11 Å². The average molecular weight is 263 g/mol. The lowest BCUT2D eigenvalue weighted by Crippen LogP contribution is -2.65. The number of methoxy groups -OCH3 is 1. The van der Waals surface area contributed by atoms with E-state index in [2.05, 4.69) is 5.32 Å². The summed E-state index contributed by atoms with van der Waals surface area (Å²) < 4.78 is 11.1. The van der Waals surface area contributed by atoms with Crippen molar-refractivity contribution in [2.75, 3.05) is 13.7 Å². The standard InChI is InChI=1S/C14H17NO4/c1-18-10-3-2-4-11-9(10)7-14(8-19-11)12(16)5-6-13(17)15-14/h2-4,12,16H,5-8H2,1H3,(H,15,17)/t12-,14+/m0/s1. The Balaban J connectivity index is 1.98. The third kappa shape index (κ3) is 1.94. The summed E-state index contributed by atoms with van der Waals surface area (Å²) >= 11 is 0. The molecule has 1 spiro atoms. The number of carbonyl (C=O) groups excluding carboxylic acids is 1. The molecule has 3 rings (SSSR count). The van der Waals surface area contributed by atoms with Gasteiger partial charge in [-0.05, 0) is 18.6 Å². The van der Waals surface area contributed by atoms with Crippen LogP contribution in [0.25, 0.3) is 0 Å². The first-order valence-corrected chi connectivity index (χ1v) is 6.42. The Morgan fingerprint density at radius 3 is 3.16 bits per heavy atom. The first-order valence-electron chi connectivity index (χ1n) is 6.42. The van der Waals surface area contributed by atoms with Crippen LogP contribution >= 0.6 is 0 Å². The average Bonchev–Trinajstić information content (AvgIpc) is 2.42. The van der Waals surface area contributed by atoms with Gasteiger partial charge in [0.1, 0.15) is 23.6 Å². The molecule has 1 saturated heterocycles. The molecule has 0 bridgehead atoms. The third-order valence-corrected chi connectivity index (χ3v) is 3.96. The molecule has 0 radical (unpaired) electrons. The molecule has 5 heteroatoms. The molecule has 2 heterocycles. The Morgan fingerprint density at radius 2 is 2.37 bits per heavy atom. The number of fused-ring (bicyclic) bond motifs is 1. The van der Waals surface area contributed by atoms with Gasteiger partial charge in [0.2, 0.25) is 5.91 Å². The van der Waals surface area contributed by atoms with E-state index in [1.165, 1.54) is 0 Å². The van der Waals surface area contributed by atoms with Gasteiger partial charge in [0, 0.05) is 18.4 Å². The van der Waals surface area contributed by atoms with E-state index in [1.807, 2.05) is 18.2 Å². The zero-order valence-electron chi connectivity index (χ0n) is 10.8. The van der Waals surface area contributed by atoms with Gasteiger partial charge in [-0.1, -0.05) is 6.07 Å². The van der Waals surface area contributed by atoms with Gasteiger partial charge in [-0.15, -0.1) is 0 Å². The van der Waals surface area contributed by atoms with Crippen LogP contribution in [0.1, 0.15) is 18.4 Å². The molecule has 19 heavy (non-hydrogen) atoms. The molecule has 2 N–H and O–H groups in total. The van der Waals surface area contributed by atoms with E-state index in [-0.39, 0.29) is 5.91 Å². The molecule has 1 aromatic carbocycles. The molecule has 0 saturated carbocycles. The van der Waals surface area contributed by atoms with E-state index >= 15 is 0 Å². The van der Waals surface area contributed by atoms with Crippen molar-refractivity contribution in [1.82, 2.24) is 5.32 Å². The fraction of sp³-hybridized carbons (Fsp3) is 0.500. The molecule has 102 valence electrons. The number of hydrogen-bond donors (Lipinski definition) is 2. The van der Waals surface area contributed by atoms with Gasteiger partial charge in [-0.25, -0.2) is 0 Å². The smallest absolute Gasteiger partial charge is 0.220 e. The van der Waals surface area contributed by atoms with Crippen LogP contribution in [0.3, 0.4) is 0 Å². The van der Waals surface area contributed by atoms with Crippen molar-refractivity contribution in [1.29, 1.82) is 0 Å². The number of hydrogen-bond acceptors (Lipinski definition) is 4. The number of ether oxygens (including phenoxy) is 2. The first kappa shape index (κ1) is 12.3. The van der Waals surface area contributed by atoms with Crippen molar-refractivity contribution in [3.05, 3.63) is 23.8 Å². The Bertz CT molecular complexity index is 502. The summed E-state index contributed by atoms with van der Waals surface area (Å²) in [5.41, 5.74) is 0.175. The van der Waals surface area contributed by atoms with Gasteiger partial charge in [0.05, 0.1) is 13.2 Å². The molecule has 0 aliphatic carbocycles. The van der Waals surface area contributed by atoms with Crippen molar-refractivity contribution in [2.24, 2.45) is 0 Å². The van der Waals surface area contributed by atoms with Crippen LogP contribution < -0.4 is 14.8 Å². The van der Waals surface area contributed by atoms with Gasteiger partial charge in [0.15, 0.2) is 0 Å². The molecule has 1 aromatic rings. The molecule has 2 aliphatic rings. The van der Waals surface area contributed by atoms with Crippen LogP contribution in [0.15, 0.2) is 18.2 Å². The maximum Gasteiger partial charge on any atom is 0.220 e. The molecular weight excluding hydrogens is 246 g/mol. The molecule has 1 amide bonds. The highest BCUT2D eigenvalue weighted by Crippen LogP contribution is 2.38. The quantitative estimate of drug-likeness (QED) is 0.780. The molecule has 2 aliphatic heterocycles. The summed E-state index contributed by atoms with van der Waals surface area (Å²) in [4.78, 5) is 11.6. The highest BCUT2D eigenvalue weighted by molar-refractivity contribution is 5.78. The predicted molar refractivity (Wildman–Crippen MR) is 68.3 cm³/mol. The minimum Gasteiger partial charge on any atom is -0.496 e. The summed E-state index contributed by atoms with van der Waals surface area (Å²) in [6.07, 6.45) is 0.768. The van der Waals surface area contributed by atoms with Crippen LogP contribution in [-0.4, -0.2) is 36.4 Å². The van der Waals surface area contributed by atoms with Crippen LogP contribution in [0.4, 0.5) is 0 Å². The minimum atomic E-state index is -0.725. The van der Waals surface area contributed by atoms with Gasteiger partial charge >= 0.3 is 0 Å². The maximum absolute atomic E-state index is 11.6. The van der Waals surface area contributed by atoms with Crippen LogP contribution in [0.2, 0.25) is 0 Å². The second-order valence-corrected chi connectivity index (χ2v) is 5.16. The second kappa shape index (κ2) is 4.42. The van der Waals surface area contributed by atoms with Crippen molar-refractivity contribution in [2.45, 2.75) is 30.9 Å². The monoisotopic (exact) mass is 263 g/mol. The Kier molecular flexibility index (Phi) is 2.86. The fourth-order valence-corrected chi connectivity index (χ4v) is 2.88. The summed E-state index contributed by atoms with van der Waals surface area (Å²) in [5, 5.41) is 13.2. The molecule has 1 fully saturated rings. The molecule has 5 nitrogen and oxygen atoms in total. The third-order valence-electron chi connectivity index (χ3n) is 3.96. The van der Waals surface area contributed by atoms with Gasteiger partial charge in [0.25, 0.3) is 0 Å². The zero-order chi connectivity index (χ0) is 13.5. The lowest BCUT2D eigenvalue weighted by atomic mass is 9.79. The first-order chi connectivity index (χ1) is 9.14. The van der Waals surface area contributed by atoms with E-state index in [0.29, 0.717) is 25.9 Å². The van der Waals surface area contributed by atoms with Crippen molar-refractivity contribution < 1.29 is 19.4 Å². The summed E-state index contributed by atoms with van der Waals surface area (Å²) in [7, 11) is 1.60. The number of aliphatic hydroxyl groups is 1. The largest absolute Gasteiger partial charge is 0.496 e. The number of nitrogens with one attached hydrogen (secondary N) is 1. The van der Waals surface area contributed by atoms with Gasteiger partial charge in [-0.2, -0.15) is 0 Å². The number of piperidine rings is 1. The van der Waals surface area contributed by atoms with Crippen molar-refractivity contribution in [3.8, 4) is 11.5 Å². The van der Waals surface area contributed by atoms with Crippen LogP contribution in [-0.2, 0) is 11.2 Å². The normalized spacial score (nSPS) is 29.4. The summed E-state index contributed by atoms with van der Waals surface area (Å²) in [6, 6.07) is 5.60. The van der Waals surface area contributed by atoms with Gasteiger partial charge < -0.3 is 19.9 Å². The molecular formula is C14H17NO4. The number of carbonyl (C=O) groups is 1. The Morgan fingerprint density at radius 1 is 1.53 bits per heavy atom. The zero-order valence-corrected chi connectivity index (χ0v) is 10.8. The second-order valence-electron chi connectivity index (χ2n) is 5.16. The fourth-order valence-electron chi connectivity index (χ4n) is 2.88. The van der Waals surface area contributed by atoms with E-state index < -0.39 is 11.6 Å². The number of benzene rings is 1. The SMILES string of the molecule is COc1cccc2c1C[C@]1(CO2)NC(=O)CC[C@@H]1O. The maximum atomic E-state index is 11.6. The minimum absolute atomic E-state index is 0.0350. The topological polar surface area (TPSA) is 67.8 Å². The number of amides is 1. The van der Waals surface area contributed by atoms with Crippen LogP contribution in [0, 0.1) is 0 Å². The Labute approximate surface area is 111 Å². The lowest BCUT2D eigenvalue weighted by molar-refractivity contribution is -0.131. The highest BCUT2D eigenvalue weighted by Gasteiger charge is 2.46. The van der Waals surface area contributed by atoms with Crippen molar-refractivity contribution in [3.63, 3.8) is 0 Å². The number of rotatable bonds is 1. The molecule has 0 unspecified atom stereocenters. The van der Waals surface area contributed by atoms with E-state index in [9.17, 15) is 9.90 Å². The van der Waals surface area contributed by atoms with Crippen molar-refractivity contribution >= 4 is 5.91 Å².